The summed E-state index contributed by atoms with van der Waals surface area (Å²) in [5.74, 6) is 0.471. The van der Waals surface area contributed by atoms with E-state index in [0.29, 0.717) is 17.4 Å². The average Bonchev–Trinajstić information content (AvgIpc) is 2.75. The Morgan fingerprint density at radius 2 is 2.17 bits per heavy atom. The van der Waals surface area contributed by atoms with Crippen molar-refractivity contribution >= 4 is 28.9 Å². The van der Waals surface area contributed by atoms with Gasteiger partial charge in [-0.15, -0.1) is 0 Å². The molecule has 1 aromatic carbocycles. The molecule has 0 amide bonds. The van der Waals surface area contributed by atoms with Crippen LogP contribution in [0.25, 0.3) is 0 Å². The first-order chi connectivity index (χ1) is 8.66. The summed E-state index contributed by atoms with van der Waals surface area (Å²) in [5, 5.41) is 0.301. The lowest BCUT2D eigenvalue weighted by molar-refractivity contribution is 0.628. The molecule has 0 fully saturated rings. The number of anilines is 3. The number of benzene rings is 1. The highest BCUT2D eigenvalue weighted by Gasteiger charge is 2.24. The summed E-state index contributed by atoms with van der Waals surface area (Å²) >= 11 is 6.09. The van der Waals surface area contributed by atoms with Crippen LogP contribution in [0.5, 0.6) is 0 Å². The van der Waals surface area contributed by atoms with E-state index in [-0.39, 0.29) is 11.6 Å². The molecule has 0 unspecified atom stereocenters. The number of hydrogen-bond acceptors (Lipinski definition) is 4. The van der Waals surface area contributed by atoms with Crippen LogP contribution in [0.2, 0.25) is 5.02 Å². The highest BCUT2D eigenvalue weighted by Crippen LogP contribution is 2.38. The Balaban J connectivity index is 2.11. The van der Waals surface area contributed by atoms with Crippen molar-refractivity contribution in [3.63, 3.8) is 0 Å². The monoisotopic (exact) mass is 264 g/mol. The van der Waals surface area contributed by atoms with Gasteiger partial charge in [-0.05, 0) is 24.1 Å². The average molecular weight is 265 g/mol. The van der Waals surface area contributed by atoms with Gasteiger partial charge in [-0.2, -0.15) is 0 Å². The molecule has 2 N–H and O–H groups in total. The van der Waals surface area contributed by atoms with E-state index in [9.17, 15) is 4.39 Å². The van der Waals surface area contributed by atoms with Gasteiger partial charge in [0.05, 0.1) is 0 Å². The Bertz CT molecular complexity index is 617. The number of nitrogens with zero attached hydrogens (tertiary/aromatic N) is 3. The van der Waals surface area contributed by atoms with E-state index in [1.807, 2.05) is 4.90 Å². The van der Waals surface area contributed by atoms with Crippen molar-refractivity contribution in [1.82, 2.24) is 9.97 Å². The van der Waals surface area contributed by atoms with Gasteiger partial charge in [-0.3, -0.25) is 0 Å². The second-order valence-corrected chi connectivity index (χ2v) is 4.45. The molecule has 2 aromatic rings. The Hall–Kier alpha value is -1.88. The molecule has 1 aliphatic rings. The quantitative estimate of drug-likeness (QED) is 0.860. The van der Waals surface area contributed by atoms with Crippen molar-refractivity contribution in [3.8, 4) is 0 Å². The SMILES string of the molecule is Nc1ncnc(N2CCc3ccc(F)cc32)c1Cl. The first kappa shape index (κ1) is 11.2. The highest BCUT2D eigenvalue weighted by molar-refractivity contribution is 6.35. The molecule has 0 saturated carbocycles. The minimum Gasteiger partial charge on any atom is -0.382 e. The lowest BCUT2D eigenvalue weighted by atomic mass is 10.2. The Labute approximate surface area is 108 Å². The second-order valence-electron chi connectivity index (χ2n) is 4.07. The van der Waals surface area contributed by atoms with Gasteiger partial charge in [-0.25, -0.2) is 14.4 Å². The molecule has 0 atom stereocenters. The summed E-state index contributed by atoms with van der Waals surface area (Å²) < 4.78 is 13.3. The van der Waals surface area contributed by atoms with Crippen LogP contribution in [0.1, 0.15) is 5.56 Å². The largest absolute Gasteiger partial charge is 0.382 e. The van der Waals surface area contributed by atoms with Crippen LogP contribution < -0.4 is 10.6 Å². The van der Waals surface area contributed by atoms with E-state index in [1.54, 1.807) is 6.07 Å². The molecule has 6 heteroatoms. The van der Waals surface area contributed by atoms with Gasteiger partial charge < -0.3 is 10.6 Å². The topological polar surface area (TPSA) is 55.0 Å². The first-order valence-corrected chi connectivity index (χ1v) is 5.86. The van der Waals surface area contributed by atoms with Crippen molar-refractivity contribution in [1.29, 1.82) is 0 Å². The molecule has 3 rings (SSSR count). The van der Waals surface area contributed by atoms with Crippen molar-refractivity contribution in [2.75, 3.05) is 17.2 Å². The number of rotatable bonds is 1. The van der Waals surface area contributed by atoms with E-state index in [1.165, 1.54) is 18.5 Å². The summed E-state index contributed by atoms with van der Waals surface area (Å²) in [5.41, 5.74) is 7.52. The molecule has 1 aromatic heterocycles. The zero-order valence-electron chi connectivity index (χ0n) is 9.40. The van der Waals surface area contributed by atoms with Crippen LogP contribution in [-0.4, -0.2) is 16.5 Å². The van der Waals surface area contributed by atoms with Crippen LogP contribution in [-0.2, 0) is 6.42 Å². The molecule has 18 heavy (non-hydrogen) atoms. The molecule has 4 nitrogen and oxygen atoms in total. The smallest absolute Gasteiger partial charge is 0.157 e. The minimum absolute atomic E-state index is 0.228. The van der Waals surface area contributed by atoms with Gasteiger partial charge in [0.2, 0.25) is 0 Å². The maximum Gasteiger partial charge on any atom is 0.157 e. The van der Waals surface area contributed by atoms with Gasteiger partial charge in [0.15, 0.2) is 5.82 Å². The Morgan fingerprint density at radius 1 is 1.33 bits per heavy atom. The molecule has 0 saturated heterocycles. The third kappa shape index (κ3) is 1.67. The predicted octanol–water partition coefficient (Wildman–Crippen LogP) is 2.55. The van der Waals surface area contributed by atoms with Crippen LogP contribution in [0, 0.1) is 5.82 Å². The normalized spacial score (nSPS) is 13.8. The minimum atomic E-state index is -0.279. The maximum absolute atomic E-state index is 13.3. The summed E-state index contributed by atoms with van der Waals surface area (Å²) in [6, 6.07) is 4.72. The highest BCUT2D eigenvalue weighted by atomic mass is 35.5. The molecular formula is C12H10ClFN4. The van der Waals surface area contributed by atoms with Gasteiger partial charge in [-0.1, -0.05) is 17.7 Å². The molecule has 92 valence electrons. The summed E-state index contributed by atoms with van der Waals surface area (Å²) in [7, 11) is 0. The number of halogens is 2. The Morgan fingerprint density at radius 3 is 3.00 bits per heavy atom. The number of fused-ring (bicyclic) bond motifs is 1. The van der Waals surface area contributed by atoms with E-state index in [0.717, 1.165) is 17.7 Å². The van der Waals surface area contributed by atoms with Gasteiger partial charge in [0.1, 0.15) is 23.0 Å². The number of hydrogen-bond donors (Lipinski definition) is 1. The fourth-order valence-corrected chi connectivity index (χ4v) is 2.33. The van der Waals surface area contributed by atoms with E-state index in [4.69, 9.17) is 17.3 Å². The second kappa shape index (κ2) is 4.10. The van der Waals surface area contributed by atoms with Crippen molar-refractivity contribution in [2.24, 2.45) is 0 Å². The lowest BCUT2D eigenvalue weighted by Crippen LogP contribution is -2.16. The molecular weight excluding hydrogens is 255 g/mol. The van der Waals surface area contributed by atoms with Crippen molar-refractivity contribution in [2.45, 2.75) is 6.42 Å². The van der Waals surface area contributed by atoms with Gasteiger partial charge in [0, 0.05) is 12.2 Å². The zero-order chi connectivity index (χ0) is 12.7. The van der Waals surface area contributed by atoms with Crippen molar-refractivity contribution < 1.29 is 4.39 Å². The van der Waals surface area contributed by atoms with Crippen LogP contribution in [0.4, 0.5) is 21.7 Å². The fraction of sp³-hybridized carbons (Fsp3) is 0.167. The van der Waals surface area contributed by atoms with Crippen LogP contribution in [0.15, 0.2) is 24.5 Å². The van der Waals surface area contributed by atoms with Crippen LogP contribution >= 0.6 is 11.6 Å². The zero-order valence-corrected chi connectivity index (χ0v) is 10.2. The summed E-state index contributed by atoms with van der Waals surface area (Å²) in [6.07, 6.45) is 2.18. The predicted molar refractivity (Wildman–Crippen MR) is 68.6 cm³/mol. The van der Waals surface area contributed by atoms with E-state index < -0.39 is 0 Å². The van der Waals surface area contributed by atoms with Gasteiger partial charge >= 0.3 is 0 Å². The van der Waals surface area contributed by atoms with E-state index in [2.05, 4.69) is 9.97 Å². The summed E-state index contributed by atoms with van der Waals surface area (Å²) in [6.45, 7) is 0.703. The molecule has 2 heterocycles. The standard InChI is InChI=1S/C12H10ClFN4/c13-10-11(15)16-6-17-12(10)18-4-3-7-1-2-8(14)5-9(7)18/h1-2,5-6H,3-4H2,(H2,15,16,17). The van der Waals surface area contributed by atoms with Crippen molar-refractivity contribution in [3.05, 3.63) is 40.9 Å². The first-order valence-electron chi connectivity index (χ1n) is 5.49. The third-order valence-corrected chi connectivity index (χ3v) is 3.36. The fourth-order valence-electron chi connectivity index (χ4n) is 2.13. The van der Waals surface area contributed by atoms with Crippen LogP contribution in [0.3, 0.4) is 0 Å². The molecule has 1 aliphatic heterocycles. The number of aromatic nitrogens is 2. The lowest BCUT2D eigenvalue weighted by Gasteiger charge is -2.19. The Kier molecular flexibility index (Phi) is 2.56. The van der Waals surface area contributed by atoms with E-state index >= 15 is 0 Å². The number of nitrogen functional groups attached to an aromatic ring is 1. The summed E-state index contributed by atoms with van der Waals surface area (Å²) in [4.78, 5) is 9.81. The van der Waals surface area contributed by atoms with Gasteiger partial charge in [0.25, 0.3) is 0 Å². The third-order valence-electron chi connectivity index (χ3n) is 3.00. The molecule has 0 bridgehead atoms. The number of nitrogens with two attached hydrogens (primary N) is 1. The molecule has 0 aliphatic carbocycles. The molecule has 0 spiro atoms. The maximum atomic E-state index is 13.3. The molecule has 0 radical (unpaired) electrons.